The minimum absolute atomic E-state index is 0.389. The van der Waals surface area contributed by atoms with Gasteiger partial charge in [-0.05, 0) is 31.1 Å². The van der Waals surface area contributed by atoms with Gasteiger partial charge < -0.3 is 10.6 Å². The van der Waals surface area contributed by atoms with E-state index in [1.807, 2.05) is 13.2 Å². The molecule has 1 aliphatic carbocycles. The number of anilines is 1. The smallest absolute Gasteiger partial charge is 0.163 e. The maximum Gasteiger partial charge on any atom is 0.163 e. The van der Waals surface area contributed by atoms with Crippen molar-refractivity contribution in [1.29, 1.82) is 0 Å². The van der Waals surface area contributed by atoms with Crippen LogP contribution in [0.4, 0.5) is 5.82 Å². The molecule has 2 aliphatic rings. The number of nitrogens with zero attached hydrogens (tertiary/aromatic N) is 5. The van der Waals surface area contributed by atoms with Crippen LogP contribution in [-0.2, 0) is 7.05 Å². The van der Waals surface area contributed by atoms with Crippen molar-refractivity contribution in [3.8, 4) is 0 Å². The number of hydrogen-bond donors (Lipinski definition) is 1. The van der Waals surface area contributed by atoms with Crippen molar-refractivity contribution in [2.24, 2.45) is 24.6 Å². The highest BCUT2D eigenvalue weighted by atomic mass is 15.3. The van der Waals surface area contributed by atoms with Gasteiger partial charge in [-0.25, -0.2) is 9.97 Å². The number of hydrogen-bond acceptors (Lipinski definition) is 5. The molecule has 0 radical (unpaired) electrons. The van der Waals surface area contributed by atoms with Crippen molar-refractivity contribution in [3.05, 3.63) is 12.5 Å². The summed E-state index contributed by atoms with van der Waals surface area (Å²) in [5.41, 5.74) is 7.02. The fourth-order valence-corrected chi connectivity index (χ4v) is 3.84. The third kappa shape index (κ3) is 1.78. The Morgan fingerprint density at radius 1 is 1.20 bits per heavy atom. The molecule has 1 saturated carbocycles. The Bertz CT molecular complexity index is 636. The first kappa shape index (κ1) is 12.1. The molecule has 6 nitrogen and oxygen atoms in total. The summed E-state index contributed by atoms with van der Waals surface area (Å²) in [5.74, 6) is 2.53. The van der Waals surface area contributed by atoms with E-state index in [2.05, 4.69) is 20.0 Å². The van der Waals surface area contributed by atoms with Gasteiger partial charge in [0.25, 0.3) is 0 Å². The highest BCUT2D eigenvalue weighted by molar-refractivity contribution is 5.86. The van der Waals surface area contributed by atoms with Crippen LogP contribution in [0.15, 0.2) is 12.5 Å². The van der Waals surface area contributed by atoms with E-state index >= 15 is 0 Å². The summed E-state index contributed by atoms with van der Waals surface area (Å²) in [7, 11) is 1.92. The van der Waals surface area contributed by atoms with E-state index in [1.165, 1.54) is 12.8 Å². The first-order valence-electron chi connectivity index (χ1n) is 7.35. The van der Waals surface area contributed by atoms with Gasteiger partial charge >= 0.3 is 0 Å². The van der Waals surface area contributed by atoms with Gasteiger partial charge in [0.05, 0.1) is 11.6 Å². The van der Waals surface area contributed by atoms with Crippen molar-refractivity contribution < 1.29 is 0 Å². The largest absolute Gasteiger partial charge is 0.355 e. The van der Waals surface area contributed by atoms with E-state index in [0.29, 0.717) is 6.04 Å². The molecule has 106 valence electrons. The van der Waals surface area contributed by atoms with Crippen LogP contribution in [0.5, 0.6) is 0 Å². The lowest BCUT2D eigenvalue weighted by Crippen LogP contribution is -2.32. The Morgan fingerprint density at radius 2 is 2.05 bits per heavy atom. The molecule has 0 spiro atoms. The molecule has 0 bridgehead atoms. The Kier molecular flexibility index (Phi) is 2.66. The zero-order chi connectivity index (χ0) is 13.7. The van der Waals surface area contributed by atoms with Crippen molar-refractivity contribution in [3.63, 3.8) is 0 Å². The average molecular weight is 272 g/mol. The van der Waals surface area contributed by atoms with E-state index in [4.69, 9.17) is 5.73 Å². The van der Waals surface area contributed by atoms with E-state index in [0.717, 1.165) is 48.2 Å². The number of fused-ring (bicyclic) bond motifs is 2. The lowest BCUT2D eigenvalue weighted by atomic mass is 9.79. The molecule has 1 unspecified atom stereocenters. The molecule has 4 rings (SSSR count). The number of rotatable bonds is 1. The van der Waals surface area contributed by atoms with Crippen LogP contribution in [0.2, 0.25) is 0 Å². The second-order valence-corrected chi connectivity index (χ2v) is 6.20. The van der Waals surface area contributed by atoms with Crippen molar-refractivity contribution in [2.45, 2.75) is 25.3 Å². The van der Waals surface area contributed by atoms with Crippen LogP contribution in [0.1, 0.15) is 19.3 Å². The summed E-state index contributed by atoms with van der Waals surface area (Å²) in [5, 5.41) is 5.35. The van der Waals surface area contributed by atoms with Gasteiger partial charge in [0.2, 0.25) is 0 Å². The highest BCUT2D eigenvalue weighted by Crippen LogP contribution is 2.38. The fourth-order valence-electron chi connectivity index (χ4n) is 3.84. The summed E-state index contributed by atoms with van der Waals surface area (Å²) >= 11 is 0. The topological polar surface area (TPSA) is 72.9 Å². The fraction of sp³-hybridized carbons (Fsp3) is 0.643. The third-order valence-electron chi connectivity index (χ3n) is 4.90. The summed E-state index contributed by atoms with van der Waals surface area (Å²) in [6.45, 7) is 2.16. The van der Waals surface area contributed by atoms with Crippen molar-refractivity contribution >= 4 is 16.9 Å². The molecule has 1 aliphatic heterocycles. The van der Waals surface area contributed by atoms with Gasteiger partial charge in [0.1, 0.15) is 12.1 Å². The second-order valence-electron chi connectivity index (χ2n) is 6.20. The normalized spacial score (nSPS) is 29.9. The minimum atomic E-state index is 0.389. The van der Waals surface area contributed by atoms with E-state index in [-0.39, 0.29) is 0 Å². The molecule has 20 heavy (non-hydrogen) atoms. The number of aryl methyl sites for hydroxylation is 1. The maximum atomic E-state index is 6.11. The van der Waals surface area contributed by atoms with Crippen molar-refractivity contribution in [2.75, 3.05) is 18.0 Å². The Labute approximate surface area is 118 Å². The van der Waals surface area contributed by atoms with Gasteiger partial charge in [-0.15, -0.1) is 0 Å². The first-order valence-corrected chi connectivity index (χ1v) is 7.35. The monoisotopic (exact) mass is 272 g/mol. The van der Waals surface area contributed by atoms with Crippen LogP contribution in [0.25, 0.3) is 11.0 Å². The standard InChI is InChI=1S/C14H20N6/c1-19-13-12(5-18-19)14(17-8-16-13)20-6-9-2-3-11(15)4-10(9)7-20/h5,8-11H,2-4,6-7,15H2,1H3/t9-,10+,11?/m1/s1. The molecule has 2 aromatic rings. The van der Waals surface area contributed by atoms with Gasteiger partial charge in [0, 0.05) is 26.2 Å². The Morgan fingerprint density at radius 3 is 2.95 bits per heavy atom. The molecule has 0 amide bonds. The molecule has 0 aromatic carbocycles. The van der Waals surface area contributed by atoms with E-state index in [9.17, 15) is 0 Å². The van der Waals surface area contributed by atoms with Crippen molar-refractivity contribution in [1.82, 2.24) is 19.7 Å². The quantitative estimate of drug-likeness (QED) is 0.836. The van der Waals surface area contributed by atoms with Crippen LogP contribution >= 0.6 is 0 Å². The molecule has 3 heterocycles. The van der Waals surface area contributed by atoms with Gasteiger partial charge in [-0.3, -0.25) is 4.68 Å². The molecule has 1 saturated heterocycles. The molecular formula is C14H20N6. The maximum absolute atomic E-state index is 6.11. The summed E-state index contributed by atoms with van der Waals surface area (Å²) in [6, 6.07) is 0.389. The Balaban J connectivity index is 1.67. The predicted molar refractivity (Wildman–Crippen MR) is 77.3 cm³/mol. The lowest BCUT2D eigenvalue weighted by molar-refractivity contribution is 0.271. The van der Waals surface area contributed by atoms with Crippen LogP contribution < -0.4 is 10.6 Å². The van der Waals surface area contributed by atoms with Crippen LogP contribution in [0.3, 0.4) is 0 Å². The SMILES string of the molecule is Cn1ncc2c(N3C[C@H]4CCC(N)C[C@H]4C3)ncnc21. The van der Waals surface area contributed by atoms with E-state index in [1.54, 1.807) is 11.0 Å². The summed E-state index contributed by atoms with van der Waals surface area (Å²) in [4.78, 5) is 11.2. The molecule has 2 aromatic heterocycles. The average Bonchev–Trinajstić information content (AvgIpc) is 3.02. The number of nitrogens with two attached hydrogens (primary N) is 1. The lowest BCUT2D eigenvalue weighted by Gasteiger charge is -2.27. The zero-order valence-corrected chi connectivity index (χ0v) is 11.7. The molecule has 2 fully saturated rings. The third-order valence-corrected chi connectivity index (χ3v) is 4.90. The molecule has 6 heteroatoms. The second kappa shape index (κ2) is 4.41. The summed E-state index contributed by atoms with van der Waals surface area (Å²) < 4.78 is 1.81. The molecule has 3 atom stereocenters. The van der Waals surface area contributed by atoms with Crippen LogP contribution in [0, 0.1) is 11.8 Å². The van der Waals surface area contributed by atoms with E-state index < -0.39 is 0 Å². The predicted octanol–water partition coefficient (Wildman–Crippen LogP) is 0.927. The minimum Gasteiger partial charge on any atom is -0.355 e. The first-order chi connectivity index (χ1) is 9.72. The van der Waals surface area contributed by atoms with Gasteiger partial charge in [0.15, 0.2) is 5.65 Å². The Hall–Kier alpha value is -1.69. The van der Waals surface area contributed by atoms with Gasteiger partial charge in [-0.1, -0.05) is 0 Å². The van der Waals surface area contributed by atoms with Gasteiger partial charge in [-0.2, -0.15) is 5.10 Å². The molecule has 2 N–H and O–H groups in total. The zero-order valence-electron chi connectivity index (χ0n) is 11.7. The number of aromatic nitrogens is 4. The van der Waals surface area contributed by atoms with Crippen LogP contribution in [-0.4, -0.2) is 38.9 Å². The highest BCUT2D eigenvalue weighted by Gasteiger charge is 2.37. The molecular weight excluding hydrogens is 252 g/mol. The summed E-state index contributed by atoms with van der Waals surface area (Å²) in [6.07, 6.45) is 7.10.